The zero-order valence-electron chi connectivity index (χ0n) is 9.91. The van der Waals surface area contributed by atoms with Crippen LogP contribution in [0.15, 0.2) is 47.5 Å². The van der Waals surface area contributed by atoms with Crippen LogP contribution in [-0.2, 0) is 5.75 Å². The third-order valence-corrected chi connectivity index (χ3v) is 3.48. The Bertz CT molecular complexity index is 650. The lowest BCUT2D eigenvalue weighted by Crippen LogP contribution is -1.99. The SMILES string of the molecule is N#Cc1cccc(CSc2ccnc(C(=O)O)c2)c1. The van der Waals surface area contributed by atoms with Crippen LogP contribution < -0.4 is 0 Å². The minimum absolute atomic E-state index is 0.0378. The predicted molar refractivity (Wildman–Crippen MR) is 71.9 cm³/mol. The molecule has 0 saturated carbocycles. The molecule has 0 atom stereocenters. The van der Waals surface area contributed by atoms with E-state index in [1.54, 1.807) is 18.2 Å². The van der Waals surface area contributed by atoms with Gasteiger partial charge in [-0.2, -0.15) is 5.26 Å². The molecular formula is C14H10N2O2S. The van der Waals surface area contributed by atoms with Gasteiger partial charge in [0.15, 0.2) is 0 Å². The van der Waals surface area contributed by atoms with Gasteiger partial charge in [0.2, 0.25) is 0 Å². The van der Waals surface area contributed by atoms with Gasteiger partial charge in [0.25, 0.3) is 0 Å². The smallest absolute Gasteiger partial charge is 0.354 e. The molecule has 0 aliphatic carbocycles. The van der Waals surface area contributed by atoms with Gasteiger partial charge in [0.1, 0.15) is 5.69 Å². The fourth-order valence-corrected chi connectivity index (χ4v) is 2.38. The molecule has 1 N–H and O–H groups in total. The molecule has 0 aliphatic rings. The maximum atomic E-state index is 10.8. The number of aromatic nitrogens is 1. The third-order valence-electron chi connectivity index (χ3n) is 2.41. The van der Waals surface area contributed by atoms with Crippen LogP contribution in [0.4, 0.5) is 0 Å². The molecule has 0 fully saturated rings. The lowest BCUT2D eigenvalue weighted by molar-refractivity contribution is 0.0690. The summed E-state index contributed by atoms with van der Waals surface area (Å²) in [7, 11) is 0. The predicted octanol–water partition coefficient (Wildman–Crippen LogP) is 2.94. The number of hydrogen-bond donors (Lipinski definition) is 1. The molecule has 0 bridgehead atoms. The number of thioether (sulfide) groups is 1. The van der Waals surface area contributed by atoms with Crippen LogP contribution in [-0.4, -0.2) is 16.1 Å². The van der Waals surface area contributed by atoms with Gasteiger partial charge < -0.3 is 5.11 Å². The quantitative estimate of drug-likeness (QED) is 0.864. The highest BCUT2D eigenvalue weighted by molar-refractivity contribution is 7.98. The van der Waals surface area contributed by atoms with Crippen LogP contribution in [0, 0.1) is 11.3 Å². The van der Waals surface area contributed by atoms with Crippen LogP contribution in [0.2, 0.25) is 0 Å². The van der Waals surface area contributed by atoms with Crippen molar-refractivity contribution in [2.24, 2.45) is 0 Å². The number of nitriles is 1. The minimum atomic E-state index is -1.03. The number of carboxylic acids is 1. The molecule has 4 nitrogen and oxygen atoms in total. The van der Waals surface area contributed by atoms with Gasteiger partial charge in [-0.25, -0.2) is 9.78 Å². The summed E-state index contributed by atoms with van der Waals surface area (Å²) in [6.07, 6.45) is 1.48. The molecule has 1 aromatic heterocycles. The summed E-state index contributed by atoms with van der Waals surface area (Å²) in [5, 5.41) is 17.7. The normalized spacial score (nSPS) is 9.84. The van der Waals surface area contributed by atoms with Gasteiger partial charge in [-0.05, 0) is 29.8 Å². The Morgan fingerprint density at radius 2 is 2.21 bits per heavy atom. The molecule has 2 aromatic rings. The van der Waals surface area contributed by atoms with Crippen LogP contribution in [0.25, 0.3) is 0 Å². The van der Waals surface area contributed by atoms with Gasteiger partial charge in [-0.15, -0.1) is 11.8 Å². The number of pyridine rings is 1. The summed E-state index contributed by atoms with van der Waals surface area (Å²) in [5.41, 5.74) is 1.69. The number of hydrogen-bond acceptors (Lipinski definition) is 4. The van der Waals surface area contributed by atoms with Crippen LogP contribution >= 0.6 is 11.8 Å². The highest BCUT2D eigenvalue weighted by Gasteiger charge is 2.05. The summed E-state index contributed by atoms with van der Waals surface area (Å²) < 4.78 is 0. The Morgan fingerprint density at radius 3 is 2.95 bits per heavy atom. The molecule has 0 saturated heterocycles. The van der Waals surface area contributed by atoms with E-state index in [4.69, 9.17) is 10.4 Å². The van der Waals surface area contributed by atoms with Crippen molar-refractivity contribution >= 4 is 17.7 Å². The summed E-state index contributed by atoms with van der Waals surface area (Å²) in [6, 6.07) is 12.8. The van der Waals surface area contributed by atoms with Crippen LogP contribution in [0.1, 0.15) is 21.6 Å². The standard InChI is InChI=1S/C14H10N2O2S/c15-8-10-2-1-3-11(6-10)9-19-12-4-5-16-13(7-12)14(17)18/h1-7H,9H2,(H,17,18). The lowest BCUT2D eigenvalue weighted by Gasteiger charge is -2.03. The highest BCUT2D eigenvalue weighted by Crippen LogP contribution is 2.23. The fraction of sp³-hybridized carbons (Fsp3) is 0.0714. The van der Waals surface area contributed by atoms with E-state index in [2.05, 4.69) is 11.1 Å². The Hall–Kier alpha value is -2.32. The van der Waals surface area contributed by atoms with Crippen LogP contribution in [0.3, 0.4) is 0 Å². The van der Waals surface area contributed by atoms with E-state index in [0.29, 0.717) is 11.3 Å². The second-order valence-electron chi connectivity index (χ2n) is 3.78. The Morgan fingerprint density at radius 1 is 1.37 bits per heavy atom. The van der Waals surface area contributed by atoms with E-state index >= 15 is 0 Å². The number of carbonyl (C=O) groups is 1. The van der Waals surface area contributed by atoms with Crippen molar-refractivity contribution in [2.45, 2.75) is 10.6 Å². The molecule has 0 unspecified atom stereocenters. The van der Waals surface area contributed by atoms with Crippen molar-refractivity contribution in [3.05, 3.63) is 59.4 Å². The molecule has 1 aromatic carbocycles. The number of carboxylic acid groups (broad SMARTS) is 1. The fourth-order valence-electron chi connectivity index (χ4n) is 1.52. The average molecular weight is 270 g/mol. The first-order valence-electron chi connectivity index (χ1n) is 5.50. The van der Waals surface area contributed by atoms with E-state index in [1.807, 2.05) is 18.2 Å². The van der Waals surface area contributed by atoms with E-state index in [-0.39, 0.29) is 5.69 Å². The summed E-state index contributed by atoms with van der Waals surface area (Å²) in [6.45, 7) is 0. The van der Waals surface area contributed by atoms with Crippen molar-refractivity contribution < 1.29 is 9.90 Å². The number of aromatic carboxylic acids is 1. The summed E-state index contributed by atoms with van der Waals surface area (Å²) in [5.74, 6) is -0.354. The molecule has 2 rings (SSSR count). The maximum Gasteiger partial charge on any atom is 0.354 e. The van der Waals surface area contributed by atoms with E-state index in [0.717, 1.165) is 10.5 Å². The molecule has 19 heavy (non-hydrogen) atoms. The maximum absolute atomic E-state index is 10.8. The molecule has 0 spiro atoms. The van der Waals surface area contributed by atoms with Gasteiger partial charge in [-0.3, -0.25) is 0 Å². The number of rotatable bonds is 4. The van der Waals surface area contributed by atoms with Crippen molar-refractivity contribution in [1.82, 2.24) is 4.98 Å². The van der Waals surface area contributed by atoms with Crippen molar-refractivity contribution in [1.29, 1.82) is 5.26 Å². The number of benzene rings is 1. The first-order valence-corrected chi connectivity index (χ1v) is 6.49. The minimum Gasteiger partial charge on any atom is -0.477 e. The second kappa shape index (κ2) is 6.03. The number of nitrogens with zero attached hydrogens (tertiary/aromatic N) is 2. The van der Waals surface area contributed by atoms with Crippen LogP contribution in [0.5, 0.6) is 0 Å². The van der Waals surface area contributed by atoms with Gasteiger partial charge in [0, 0.05) is 16.8 Å². The highest BCUT2D eigenvalue weighted by atomic mass is 32.2. The van der Waals surface area contributed by atoms with Crippen molar-refractivity contribution in [2.75, 3.05) is 0 Å². The zero-order valence-corrected chi connectivity index (χ0v) is 10.7. The van der Waals surface area contributed by atoms with E-state index in [1.165, 1.54) is 18.0 Å². The lowest BCUT2D eigenvalue weighted by atomic mass is 10.2. The first-order chi connectivity index (χ1) is 9.19. The monoisotopic (exact) mass is 270 g/mol. The first kappa shape index (κ1) is 13.1. The van der Waals surface area contributed by atoms with Crippen molar-refractivity contribution in [3.63, 3.8) is 0 Å². The molecule has 0 radical (unpaired) electrons. The largest absolute Gasteiger partial charge is 0.477 e. The van der Waals surface area contributed by atoms with Crippen molar-refractivity contribution in [3.8, 4) is 6.07 Å². The Kier molecular flexibility index (Phi) is 4.16. The van der Waals surface area contributed by atoms with Gasteiger partial charge in [0.05, 0.1) is 11.6 Å². The third kappa shape index (κ3) is 3.57. The van der Waals surface area contributed by atoms with E-state index < -0.39 is 5.97 Å². The Balaban J connectivity index is 2.08. The molecule has 94 valence electrons. The second-order valence-corrected chi connectivity index (χ2v) is 4.83. The molecule has 5 heteroatoms. The van der Waals surface area contributed by atoms with Gasteiger partial charge >= 0.3 is 5.97 Å². The molecule has 0 amide bonds. The molecule has 0 aliphatic heterocycles. The Labute approximate surface area is 114 Å². The summed E-state index contributed by atoms with van der Waals surface area (Å²) in [4.78, 5) is 15.4. The summed E-state index contributed by atoms with van der Waals surface area (Å²) >= 11 is 1.51. The zero-order chi connectivity index (χ0) is 13.7. The molecular weight excluding hydrogens is 260 g/mol. The van der Waals surface area contributed by atoms with Gasteiger partial charge in [-0.1, -0.05) is 12.1 Å². The van der Waals surface area contributed by atoms with E-state index in [9.17, 15) is 4.79 Å². The average Bonchev–Trinajstić information content (AvgIpc) is 2.45. The topological polar surface area (TPSA) is 74.0 Å². The molecule has 1 heterocycles.